The van der Waals surface area contributed by atoms with Crippen LogP contribution in [0.2, 0.25) is 0 Å². The van der Waals surface area contributed by atoms with Crippen LogP contribution in [0.5, 0.6) is 0 Å². The zero-order valence-electron chi connectivity index (χ0n) is 18.5. The lowest BCUT2D eigenvalue weighted by Crippen LogP contribution is -2.27. The summed E-state index contributed by atoms with van der Waals surface area (Å²) in [6.45, 7) is 2.61. The minimum Gasteiger partial charge on any atom is -0.361 e. The van der Waals surface area contributed by atoms with Crippen molar-refractivity contribution in [2.24, 2.45) is 0 Å². The fourth-order valence-corrected chi connectivity index (χ4v) is 4.19. The molecule has 0 spiro atoms. The molecule has 0 radical (unpaired) electrons. The van der Waals surface area contributed by atoms with Crippen molar-refractivity contribution >= 4 is 22.5 Å². The number of aromatic amines is 1. The lowest BCUT2D eigenvalue weighted by atomic mass is 9.87. The molecule has 7 heteroatoms. The van der Waals surface area contributed by atoms with E-state index in [-0.39, 0.29) is 23.9 Å². The van der Waals surface area contributed by atoms with Crippen LogP contribution in [0.3, 0.4) is 0 Å². The summed E-state index contributed by atoms with van der Waals surface area (Å²) >= 11 is 0. The Morgan fingerprint density at radius 3 is 2.64 bits per heavy atom. The molecular weight excluding hydrogens is 416 g/mol. The number of nitro benzene ring substituents is 1. The number of fused-ring (bicyclic) bond motifs is 1. The molecule has 0 unspecified atom stereocenters. The number of carbonyl (C=O) groups is 1. The molecule has 0 aliphatic carbocycles. The van der Waals surface area contributed by atoms with Crippen LogP contribution >= 0.6 is 0 Å². The Bertz CT molecular complexity index is 1250. The zero-order chi connectivity index (χ0) is 23.2. The molecule has 1 amide bonds. The molecule has 2 aromatic heterocycles. The summed E-state index contributed by atoms with van der Waals surface area (Å²) in [7, 11) is 0. The normalized spacial score (nSPS) is 11.9. The average Bonchev–Trinajstić information content (AvgIpc) is 3.27. The fraction of sp³-hybridized carbons (Fsp3) is 0.231. The summed E-state index contributed by atoms with van der Waals surface area (Å²) in [5, 5.41) is 15.2. The predicted octanol–water partition coefficient (Wildman–Crippen LogP) is 4.91. The highest BCUT2D eigenvalue weighted by molar-refractivity contribution is 5.88. The van der Waals surface area contributed by atoms with Crippen molar-refractivity contribution in [3.8, 4) is 0 Å². The highest BCUT2D eigenvalue weighted by Gasteiger charge is 2.22. The monoisotopic (exact) mass is 442 g/mol. The first-order valence-electron chi connectivity index (χ1n) is 11.1. The molecule has 0 saturated carbocycles. The third-order valence-electron chi connectivity index (χ3n) is 5.92. The first kappa shape index (κ1) is 22.2. The van der Waals surface area contributed by atoms with E-state index in [1.807, 2.05) is 30.5 Å². The smallest absolute Gasteiger partial charge is 0.269 e. The van der Waals surface area contributed by atoms with Gasteiger partial charge in [0.05, 0.1) is 4.92 Å². The molecule has 0 bridgehead atoms. The largest absolute Gasteiger partial charge is 0.361 e. The maximum atomic E-state index is 12.9. The molecular formula is C26H26N4O3. The standard InChI is InChI=1S/C26H26N4O3/c1-2-18-6-5-8-22-24(17-29-26(18)22)23(19-9-11-21(12-10-19)30(32)33)16-25(31)28-15-13-20-7-3-4-14-27-20/h3-12,14,17,23,29H,2,13,15-16H2,1H3,(H,28,31)/t23-/m1/s1. The van der Waals surface area contributed by atoms with E-state index in [0.29, 0.717) is 13.0 Å². The quantitative estimate of drug-likeness (QED) is 0.284. The Hall–Kier alpha value is -4.00. The second-order valence-corrected chi connectivity index (χ2v) is 7.96. The molecule has 0 saturated heterocycles. The highest BCUT2D eigenvalue weighted by atomic mass is 16.6. The van der Waals surface area contributed by atoms with Gasteiger partial charge in [0.25, 0.3) is 5.69 Å². The van der Waals surface area contributed by atoms with Crippen molar-refractivity contribution in [3.05, 3.63) is 106 Å². The number of pyridine rings is 1. The first-order chi connectivity index (χ1) is 16.1. The van der Waals surface area contributed by atoms with Crippen LogP contribution in [-0.4, -0.2) is 27.3 Å². The molecule has 1 atom stereocenters. The van der Waals surface area contributed by atoms with Crippen LogP contribution in [0, 0.1) is 10.1 Å². The topological polar surface area (TPSA) is 101 Å². The van der Waals surface area contributed by atoms with E-state index in [1.165, 1.54) is 17.7 Å². The Morgan fingerprint density at radius 1 is 1.12 bits per heavy atom. The number of carbonyl (C=O) groups excluding carboxylic acids is 1. The number of nitrogens with zero attached hydrogens (tertiary/aromatic N) is 2. The second kappa shape index (κ2) is 10.1. The van der Waals surface area contributed by atoms with Gasteiger partial charge in [-0.3, -0.25) is 19.9 Å². The number of aromatic nitrogens is 2. The zero-order valence-corrected chi connectivity index (χ0v) is 18.5. The number of aryl methyl sites for hydroxylation is 1. The molecule has 2 aromatic carbocycles. The third-order valence-corrected chi connectivity index (χ3v) is 5.92. The minimum absolute atomic E-state index is 0.0320. The van der Waals surface area contributed by atoms with Gasteiger partial charge in [-0.2, -0.15) is 0 Å². The van der Waals surface area contributed by atoms with Gasteiger partial charge in [-0.1, -0.05) is 43.3 Å². The van der Waals surface area contributed by atoms with Crippen molar-refractivity contribution in [3.63, 3.8) is 0 Å². The van der Waals surface area contributed by atoms with Crippen LogP contribution < -0.4 is 5.32 Å². The molecule has 0 aliphatic heterocycles. The van der Waals surface area contributed by atoms with Crippen molar-refractivity contribution < 1.29 is 9.72 Å². The van der Waals surface area contributed by atoms with Gasteiger partial charge in [0.15, 0.2) is 0 Å². The van der Waals surface area contributed by atoms with Crippen molar-refractivity contribution in [1.29, 1.82) is 0 Å². The lowest BCUT2D eigenvalue weighted by molar-refractivity contribution is -0.384. The average molecular weight is 443 g/mol. The van der Waals surface area contributed by atoms with Crippen LogP contribution in [0.15, 0.2) is 73.1 Å². The van der Waals surface area contributed by atoms with Gasteiger partial charge in [0, 0.05) is 66.4 Å². The number of amides is 1. The van der Waals surface area contributed by atoms with Crippen molar-refractivity contribution in [2.45, 2.75) is 32.1 Å². The van der Waals surface area contributed by atoms with E-state index in [9.17, 15) is 14.9 Å². The number of nitro groups is 1. The number of benzene rings is 2. The van der Waals surface area contributed by atoms with E-state index in [2.05, 4.69) is 34.3 Å². The molecule has 7 nitrogen and oxygen atoms in total. The number of H-pyrrole nitrogens is 1. The Labute approximate surface area is 192 Å². The fourth-order valence-electron chi connectivity index (χ4n) is 4.19. The Morgan fingerprint density at radius 2 is 1.94 bits per heavy atom. The summed E-state index contributed by atoms with van der Waals surface area (Å²) in [6.07, 6.45) is 5.49. The molecule has 4 aromatic rings. The SMILES string of the molecule is CCc1cccc2c([C@H](CC(=O)NCCc3ccccn3)c3ccc([N+](=O)[O-])cc3)c[nH]c12. The molecule has 0 aliphatic rings. The van der Waals surface area contributed by atoms with Crippen LogP contribution in [0.1, 0.15) is 41.6 Å². The molecule has 2 heterocycles. The van der Waals surface area contributed by atoms with Gasteiger partial charge in [-0.05, 0) is 35.2 Å². The Kier molecular flexibility index (Phi) is 6.78. The number of non-ortho nitro benzene ring substituents is 1. The van der Waals surface area contributed by atoms with Crippen LogP contribution in [-0.2, 0) is 17.6 Å². The molecule has 168 valence electrons. The number of hydrogen-bond donors (Lipinski definition) is 2. The first-order valence-corrected chi connectivity index (χ1v) is 11.1. The van der Waals surface area contributed by atoms with Crippen LogP contribution in [0.4, 0.5) is 5.69 Å². The highest BCUT2D eigenvalue weighted by Crippen LogP contribution is 2.35. The van der Waals surface area contributed by atoms with Gasteiger partial charge in [0.1, 0.15) is 0 Å². The van der Waals surface area contributed by atoms with Crippen LogP contribution in [0.25, 0.3) is 10.9 Å². The molecule has 4 rings (SSSR count). The predicted molar refractivity (Wildman–Crippen MR) is 128 cm³/mol. The summed E-state index contributed by atoms with van der Waals surface area (Å²) in [5.74, 6) is -0.309. The van der Waals surface area contributed by atoms with Gasteiger partial charge >= 0.3 is 0 Å². The van der Waals surface area contributed by atoms with E-state index >= 15 is 0 Å². The van der Waals surface area contributed by atoms with E-state index in [4.69, 9.17) is 0 Å². The Balaban J connectivity index is 1.59. The van der Waals surface area contributed by atoms with Gasteiger partial charge in [-0.15, -0.1) is 0 Å². The minimum atomic E-state index is -0.414. The van der Waals surface area contributed by atoms with Gasteiger partial charge < -0.3 is 10.3 Å². The summed E-state index contributed by atoms with van der Waals surface area (Å²) < 4.78 is 0. The van der Waals surface area contributed by atoms with Gasteiger partial charge in [0.2, 0.25) is 5.91 Å². The summed E-state index contributed by atoms with van der Waals surface area (Å²) in [5.41, 5.74) is 5.11. The molecule has 33 heavy (non-hydrogen) atoms. The summed E-state index contributed by atoms with van der Waals surface area (Å²) in [4.78, 5) is 31.2. The van der Waals surface area contributed by atoms with Gasteiger partial charge in [-0.25, -0.2) is 0 Å². The maximum Gasteiger partial charge on any atom is 0.269 e. The number of para-hydroxylation sites is 1. The number of nitrogens with one attached hydrogen (secondary N) is 2. The maximum absolute atomic E-state index is 12.9. The molecule has 0 fully saturated rings. The number of hydrogen-bond acceptors (Lipinski definition) is 4. The van der Waals surface area contributed by atoms with E-state index < -0.39 is 4.92 Å². The third kappa shape index (κ3) is 5.09. The van der Waals surface area contributed by atoms with E-state index in [1.54, 1.807) is 18.3 Å². The second-order valence-electron chi connectivity index (χ2n) is 7.96. The summed E-state index contributed by atoms with van der Waals surface area (Å²) in [6, 6.07) is 18.4. The number of rotatable bonds is 9. The molecule has 2 N–H and O–H groups in total. The van der Waals surface area contributed by atoms with E-state index in [0.717, 1.165) is 34.1 Å². The lowest BCUT2D eigenvalue weighted by Gasteiger charge is -2.17. The van der Waals surface area contributed by atoms with Crippen molar-refractivity contribution in [1.82, 2.24) is 15.3 Å². The van der Waals surface area contributed by atoms with Crippen molar-refractivity contribution in [2.75, 3.05) is 6.54 Å².